The normalized spacial score (nSPS) is 32.4. The van der Waals surface area contributed by atoms with Gasteiger partial charge >= 0.3 is 0 Å². The molecule has 0 aromatic heterocycles. The van der Waals surface area contributed by atoms with Crippen molar-refractivity contribution >= 4 is 5.91 Å². The molecule has 1 amide bonds. The lowest BCUT2D eigenvalue weighted by Crippen LogP contribution is -2.54. The van der Waals surface area contributed by atoms with Gasteiger partial charge in [0.15, 0.2) is 0 Å². The van der Waals surface area contributed by atoms with Gasteiger partial charge in [-0.15, -0.1) is 0 Å². The summed E-state index contributed by atoms with van der Waals surface area (Å²) < 4.78 is 0. The van der Waals surface area contributed by atoms with Crippen LogP contribution in [0.15, 0.2) is 0 Å². The smallest absolute Gasteiger partial charge is 0.240 e. The number of piperazine rings is 1. The number of hydrogen-bond acceptors (Lipinski definition) is 4. The molecule has 2 aliphatic rings. The molecule has 2 saturated heterocycles. The highest BCUT2D eigenvalue weighted by Crippen LogP contribution is 2.12. The van der Waals surface area contributed by atoms with E-state index in [0.717, 1.165) is 32.6 Å². The summed E-state index contributed by atoms with van der Waals surface area (Å²) in [7, 11) is 4.31. The number of likely N-dealkylation sites (N-methyl/N-ethyl adjacent to an activating group) is 2. The van der Waals surface area contributed by atoms with Crippen LogP contribution in [0.3, 0.4) is 0 Å². The van der Waals surface area contributed by atoms with Crippen LogP contribution in [-0.2, 0) is 4.79 Å². The Morgan fingerprint density at radius 3 is 2.76 bits per heavy atom. The second-order valence-electron chi connectivity index (χ2n) is 5.28. The van der Waals surface area contributed by atoms with Crippen LogP contribution in [0, 0.1) is 0 Å². The van der Waals surface area contributed by atoms with Gasteiger partial charge in [0.05, 0.1) is 12.7 Å². The highest BCUT2D eigenvalue weighted by molar-refractivity contribution is 5.83. The van der Waals surface area contributed by atoms with Gasteiger partial charge in [0.2, 0.25) is 5.91 Å². The first-order valence-corrected chi connectivity index (χ1v) is 6.52. The van der Waals surface area contributed by atoms with Crippen molar-refractivity contribution in [3.8, 4) is 0 Å². The van der Waals surface area contributed by atoms with Crippen LogP contribution in [0.1, 0.15) is 13.3 Å². The molecule has 0 aliphatic carbocycles. The molecular weight excluding hydrogens is 216 g/mol. The van der Waals surface area contributed by atoms with Crippen LogP contribution in [0.4, 0.5) is 0 Å². The van der Waals surface area contributed by atoms with Crippen molar-refractivity contribution in [2.75, 3.05) is 46.9 Å². The zero-order chi connectivity index (χ0) is 12.4. The third kappa shape index (κ3) is 2.78. The van der Waals surface area contributed by atoms with Gasteiger partial charge in [-0.2, -0.15) is 0 Å². The molecule has 1 N–H and O–H groups in total. The largest absolute Gasteiger partial charge is 0.327 e. The second-order valence-corrected chi connectivity index (χ2v) is 5.28. The fourth-order valence-electron chi connectivity index (χ4n) is 2.63. The molecule has 2 heterocycles. The van der Waals surface area contributed by atoms with Crippen molar-refractivity contribution in [1.29, 1.82) is 0 Å². The Labute approximate surface area is 104 Å². The van der Waals surface area contributed by atoms with E-state index in [9.17, 15) is 4.79 Å². The zero-order valence-electron chi connectivity index (χ0n) is 11.1. The Kier molecular flexibility index (Phi) is 4.01. The van der Waals surface area contributed by atoms with Crippen molar-refractivity contribution in [3.05, 3.63) is 0 Å². The first-order valence-electron chi connectivity index (χ1n) is 6.52. The van der Waals surface area contributed by atoms with E-state index in [1.54, 1.807) is 0 Å². The number of nitrogens with one attached hydrogen (secondary N) is 1. The van der Waals surface area contributed by atoms with E-state index >= 15 is 0 Å². The molecule has 2 atom stereocenters. The van der Waals surface area contributed by atoms with E-state index in [1.165, 1.54) is 0 Å². The van der Waals surface area contributed by atoms with Crippen molar-refractivity contribution in [2.45, 2.75) is 25.4 Å². The predicted molar refractivity (Wildman–Crippen MR) is 67.7 cm³/mol. The molecule has 0 aromatic carbocycles. The average Bonchev–Trinajstić information content (AvgIpc) is 2.65. The van der Waals surface area contributed by atoms with Gasteiger partial charge in [0.1, 0.15) is 0 Å². The van der Waals surface area contributed by atoms with E-state index < -0.39 is 0 Å². The van der Waals surface area contributed by atoms with Gasteiger partial charge in [-0.05, 0) is 20.5 Å². The molecule has 2 rings (SSSR count). The van der Waals surface area contributed by atoms with Crippen molar-refractivity contribution in [1.82, 2.24) is 20.0 Å². The molecule has 0 spiro atoms. The average molecular weight is 240 g/mol. The van der Waals surface area contributed by atoms with Gasteiger partial charge in [0, 0.05) is 32.2 Å². The number of carbonyl (C=O) groups is 1. The summed E-state index contributed by atoms with van der Waals surface area (Å²) in [5, 5.41) is 3.27. The van der Waals surface area contributed by atoms with Crippen LogP contribution in [0.25, 0.3) is 0 Å². The quantitative estimate of drug-likeness (QED) is 0.715. The van der Waals surface area contributed by atoms with Gasteiger partial charge in [-0.1, -0.05) is 6.92 Å². The molecule has 2 aliphatic heterocycles. The third-order valence-corrected chi connectivity index (χ3v) is 3.96. The number of amides is 1. The van der Waals surface area contributed by atoms with Gasteiger partial charge in [-0.25, -0.2) is 0 Å². The Morgan fingerprint density at radius 2 is 2.12 bits per heavy atom. The Morgan fingerprint density at radius 1 is 1.35 bits per heavy atom. The molecule has 0 bridgehead atoms. The van der Waals surface area contributed by atoms with E-state index in [0.29, 0.717) is 12.7 Å². The summed E-state index contributed by atoms with van der Waals surface area (Å²) in [5.74, 6) is 0.272. The first kappa shape index (κ1) is 12.8. The van der Waals surface area contributed by atoms with Crippen molar-refractivity contribution in [3.63, 3.8) is 0 Å². The predicted octanol–water partition coefficient (Wildman–Crippen LogP) is -0.600. The maximum atomic E-state index is 12.0. The minimum absolute atomic E-state index is 0.0432. The third-order valence-electron chi connectivity index (χ3n) is 3.96. The van der Waals surface area contributed by atoms with E-state index in [2.05, 4.69) is 36.1 Å². The van der Waals surface area contributed by atoms with Crippen LogP contribution < -0.4 is 5.32 Å². The molecule has 2 unspecified atom stereocenters. The monoisotopic (exact) mass is 240 g/mol. The highest BCUT2D eigenvalue weighted by Gasteiger charge is 2.33. The summed E-state index contributed by atoms with van der Waals surface area (Å²) in [6.45, 7) is 6.88. The summed E-state index contributed by atoms with van der Waals surface area (Å²) >= 11 is 0. The summed E-state index contributed by atoms with van der Waals surface area (Å²) in [6, 6.07) is 0.511. The van der Waals surface area contributed by atoms with Gasteiger partial charge in [0.25, 0.3) is 0 Å². The van der Waals surface area contributed by atoms with Crippen LogP contribution >= 0.6 is 0 Å². The number of hydrogen-bond donors (Lipinski definition) is 1. The van der Waals surface area contributed by atoms with Crippen LogP contribution in [0.2, 0.25) is 0 Å². The van der Waals surface area contributed by atoms with E-state index in [4.69, 9.17) is 0 Å². The Bertz CT molecular complexity index is 284. The SMILES string of the molecule is CCC1NCN(CC2CN(C)CCN2C)C1=O. The Hall–Kier alpha value is -0.650. The van der Waals surface area contributed by atoms with E-state index in [1.807, 2.05) is 4.90 Å². The highest BCUT2D eigenvalue weighted by atomic mass is 16.2. The topological polar surface area (TPSA) is 38.8 Å². The Balaban J connectivity index is 1.90. The molecule has 2 fully saturated rings. The number of nitrogens with zero attached hydrogens (tertiary/aromatic N) is 3. The minimum Gasteiger partial charge on any atom is -0.327 e. The molecule has 0 aromatic rings. The van der Waals surface area contributed by atoms with Crippen LogP contribution in [0.5, 0.6) is 0 Å². The summed E-state index contributed by atoms with van der Waals surface area (Å²) in [5.41, 5.74) is 0. The lowest BCUT2D eigenvalue weighted by molar-refractivity contribution is -0.129. The van der Waals surface area contributed by atoms with Crippen molar-refractivity contribution in [2.24, 2.45) is 0 Å². The molecular formula is C12H24N4O. The van der Waals surface area contributed by atoms with Gasteiger partial charge in [-0.3, -0.25) is 15.0 Å². The fraction of sp³-hybridized carbons (Fsp3) is 0.917. The second kappa shape index (κ2) is 5.33. The molecule has 17 heavy (non-hydrogen) atoms. The maximum Gasteiger partial charge on any atom is 0.240 e. The fourth-order valence-corrected chi connectivity index (χ4v) is 2.63. The molecule has 0 saturated carbocycles. The van der Waals surface area contributed by atoms with Gasteiger partial charge < -0.3 is 9.80 Å². The standard InChI is InChI=1S/C12H24N4O/c1-4-11-12(17)16(9-13-11)8-10-7-14(2)5-6-15(10)3/h10-11,13H,4-9H2,1-3H3. The lowest BCUT2D eigenvalue weighted by Gasteiger charge is -2.39. The maximum absolute atomic E-state index is 12.0. The lowest BCUT2D eigenvalue weighted by atomic mass is 10.1. The number of carbonyl (C=O) groups excluding carboxylic acids is 1. The first-order chi connectivity index (χ1) is 8.11. The number of rotatable bonds is 3. The molecule has 5 nitrogen and oxygen atoms in total. The molecule has 0 radical (unpaired) electrons. The summed E-state index contributed by atoms with van der Waals surface area (Å²) in [4.78, 5) is 18.7. The van der Waals surface area contributed by atoms with Crippen molar-refractivity contribution < 1.29 is 4.79 Å². The van der Waals surface area contributed by atoms with E-state index in [-0.39, 0.29) is 11.9 Å². The minimum atomic E-state index is 0.0432. The zero-order valence-corrected chi connectivity index (χ0v) is 11.1. The summed E-state index contributed by atoms with van der Waals surface area (Å²) in [6.07, 6.45) is 0.885. The van der Waals surface area contributed by atoms with Crippen LogP contribution in [-0.4, -0.2) is 79.6 Å². The molecule has 5 heteroatoms. The molecule has 98 valence electrons.